The van der Waals surface area contributed by atoms with Gasteiger partial charge >= 0.3 is 0 Å². The highest BCUT2D eigenvalue weighted by Gasteiger charge is 2.29. The molecular formula is C23H25N7O. The average Bonchev–Trinajstić information content (AvgIpc) is 3.48. The van der Waals surface area contributed by atoms with Crippen molar-refractivity contribution in [3.63, 3.8) is 0 Å². The fraction of sp³-hybridized carbons (Fsp3) is 0.348. The summed E-state index contributed by atoms with van der Waals surface area (Å²) in [5.74, 6) is 1.03. The highest BCUT2D eigenvalue weighted by molar-refractivity contribution is 6.06. The summed E-state index contributed by atoms with van der Waals surface area (Å²) in [4.78, 5) is 22.5. The van der Waals surface area contributed by atoms with Crippen LogP contribution in [0.15, 0.2) is 42.9 Å². The van der Waals surface area contributed by atoms with E-state index in [1.807, 2.05) is 55.2 Å². The van der Waals surface area contributed by atoms with Crippen molar-refractivity contribution in [1.29, 1.82) is 0 Å². The largest absolute Gasteiger partial charge is 0.352 e. The molecule has 0 aliphatic heterocycles. The Kier molecular flexibility index (Phi) is 4.97. The number of aromatic nitrogens is 6. The fourth-order valence-corrected chi connectivity index (χ4v) is 3.84. The summed E-state index contributed by atoms with van der Waals surface area (Å²) < 4.78 is 3.64. The predicted molar refractivity (Wildman–Crippen MR) is 117 cm³/mol. The van der Waals surface area contributed by atoms with Crippen LogP contribution in [0.4, 0.5) is 0 Å². The van der Waals surface area contributed by atoms with Crippen molar-refractivity contribution in [1.82, 2.24) is 34.8 Å². The van der Waals surface area contributed by atoms with E-state index in [9.17, 15) is 4.79 Å². The number of hydrogen-bond donors (Lipinski definition) is 1. The van der Waals surface area contributed by atoms with E-state index >= 15 is 0 Å². The molecule has 4 heterocycles. The Morgan fingerprint density at radius 2 is 2.13 bits per heavy atom. The lowest BCUT2D eigenvalue weighted by Gasteiger charge is -2.09. The third kappa shape index (κ3) is 3.93. The highest BCUT2D eigenvalue weighted by atomic mass is 16.1. The normalized spacial score (nSPS) is 13.6. The number of hydrogen-bond acceptors (Lipinski definition) is 5. The molecule has 158 valence electrons. The molecule has 1 saturated carbocycles. The molecule has 0 unspecified atom stereocenters. The predicted octanol–water partition coefficient (Wildman–Crippen LogP) is 3.33. The first-order valence-electron chi connectivity index (χ1n) is 10.7. The van der Waals surface area contributed by atoms with Crippen LogP contribution in [-0.2, 0) is 6.54 Å². The summed E-state index contributed by atoms with van der Waals surface area (Å²) >= 11 is 0. The molecule has 0 radical (unpaired) electrons. The molecule has 4 aromatic heterocycles. The molecule has 4 aromatic rings. The van der Waals surface area contributed by atoms with Gasteiger partial charge in [0.25, 0.3) is 5.91 Å². The molecule has 8 nitrogen and oxygen atoms in total. The molecule has 1 N–H and O–H groups in total. The molecule has 0 atom stereocenters. The summed E-state index contributed by atoms with van der Waals surface area (Å²) in [6, 6.07) is 7.64. The van der Waals surface area contributed by atoms with E-state index in [1.54, 1.807) is 10.9 Å². The van der Waals surface area contributed by atoms with Gasteiger partial charge in [0.05, 0.1) is 22.8 Å². The van der Waals surface area contributed by atoms with Crippen LogP contribution in [0.3, 0.4) is 0 Å². The number of aryl methyl sites for hydroxylation is 3. The number of fused-ring (bicyclic) bond motifs is 1. The second kappa shape index (κ2) is 7.94. The lowest BCUT2D eigenvalue weighted by atomic mass is 10.1. The Balaban J connectivity index is 1.43. The standard InChI is InChI=1S/C23H25N7O/c1-15-13-26-29(14-15)11-5-10-25-23(31)18-12-19(17-7-8-17)27-22-21(18)16(2)28-30(22)20-6-3-4-9-24-20/h3-4,6,9,12-14,17H,5,7-8,10-11H2,1-2H3,(H,25,31). The van der Waals surface area contributed by atoms with Gasteiger partial charge in [-0.25, -0.2) is 9.97 Å². The number of pyridine rings is 2. The minimum atomic E-state index is -0.0883. The summed E-state index contributed by atoms with van der Waals surface area (Å²) in [5.41, 5.74) is 4.20. The summed E-state index contributed by atoms with van der Waals surface area (Å²) in [6.07, 6.45) is 8.61. The van der Waals surface area contributed by atoms with Crippen LogP contribution in [0, 0.1) is 13.8 Å². The van der Waals surface area contributed by atoms with Crippen molar-refractivity contribution >= 4 is 16.9 Å². The highest BCUT2D eigenvalue weighted by Crippen LogP contribution is 2.40. The smallest absolute Gasteiger partial charge is 0.252 e. The molecule has 31 heavy (non-hydrogen) atoms. The first kappa shape index (κ1) is 19.4. The van der Waals surface area contributed by atoms with Gasteiger partial charge in [0.1, 0.15) is 0 Å². The van der Waals surface area contributed by atoms with E-state index in [2.05, 4.69) is 20.5 Å². The van der Waals surface area contributed by atoms with E-state index in [1.165, 1.54) is 0 Å². The van der Waals surface area contributed by atoms with Crippen LogP contribution in [0.1, 0.15) is 52.5 Å². The van der Waals surface area contributed by atoms with Crippen molar-refractivity contribution in [2.45, 2.75) is 45.6 Å². The minimum Gasteiger partial charge on any atom is -0.352 e. The molecule has 0 saturated heterocycles. The third-order valence-corrected chi connectivity index (χ3v) is 5.55. The van der Waals surface area contributed by atoms with Gasteiger partial charge in [-0.05, 0) is 56.9 Å². The molecule has 8 heteroatoms. The molecule has 0 spiro atoms. The van der Waals surface area contributed by atoms with Crippen molar-refractivity contribution in [3.05, 3.63) is 65.4 Å². The molecule has 1 amide bonds. The van der Waals surface area contributed by atoms with Gasteiger partial charge in [0.15, 0.2) is 11.5 Å². The Labute approximate surface area is 180 Å². The zero-order chi connectivity index (χ0) is 21.4. The molecule has 1 aliphatic carbocycles. The minimum absolute atomic E-state index is 0.0883. The van der Waals surface area contributed by atoms with Crippen LogP contribution in [0.25, 0.3) is 16.9 Å². The fourth-order valence-electron chi connectivity index (χ4n) is 3.84. The summed E-state index contributed by atoms with van der Waals surface area (Å²) in [5, 5.41) is 12.8. The van der Waals surface area contributed by atoms with E-state index < -0.39 is 0 Å². The molecular weight excluding hydrogens is 390 g/mol. The third-order valence-electron chi connectivity index (χ3n) is 5.55. The van der Waals surface area contributed by atoms with Crippen molar-refractivity contribution in [2.24, 2.45) is 0 Å². The number of amides is 1. The zero-order valence-corrected chi connectivity index (χ0v) is 17.7. The van der Waals surface area contributed by atoms with Gasteiger partial charge in [0, 0.05) is 37.1 Å². The van der Waals surface area contributed by atoms with Gasteiger partial charge < -0.3 is 5.32 Å². The molecule has 1 fully saturated rings. The quantitative estimate of drug-likeness (QED) is 0.468. The van der Waals surface area contributed by atoms with Crippen LogP contribution in [0.5, 0.6) is 0 Å². The Bertz CT molecular complexity index is 1240. The monoisotopic (exact) mass is 415 g/mol. The van der Waals surface area contributed by atoms with Gasteiger partial charge in [-0.1, -0.05) is 6.07 Å². The topological polar surface area (TPSA) is 90.5 Å². The first-order chi connectivity index (χ1) is 15.1. The van der Waals surface area contributed by atoms with Crippen LogP contribution in [-0.4, -0.2) is 42.0 Å². The molecule has 1 aliphatic rings. The van der Waals surface area contributed by atoms with Crippen molar-refractivity contribution < 1.29 is 4.79 Å². The van der Waals surface area contributed by atoms with E-state index in [0.29, 0.717) is 29.5 Å². The number of nitrogens with one attached hydrogen (secondary N) is 1. The van der Waals surface area contributed by atoms with E-state index in [4.69, 9.17) is 4.98 Å². The van der Waals surface area contributed by atoms with Gasteiger partial charge in [-0.3, -0.25) is 9.48 Å². The lowest BCUT2D eigenvalue weighted by Crippen LogP contribution is -2.26. The summed E-state index contributed by atoms with van der Waals surface area (Å²) in [6.45, 7) is 5.28. The van der Waals surface area contributed by atoms with Crippen LogP contribution >= 0.6 is 0 Å². The second-order valence-corrected chi connectivity index (χ2v) is 8.14. The molecule has 0 aromatic carbocycles. The molecule has 0 bridgehead atoms. The SMILES string of the molecule is Cc1cnn(CCCNC(=O)c2cc(C3CC3)nc3c2c(C)nn3-c2ccccn2)c1. The Morgan fingerprint density at radius 3 is 2.84 bits per heavy atom. The zero-order valence-electron chi connectivity index (χ0n) is 17.7. The first-order valence-corrected chi connectivity index (χ1v) is 10.7. The number of nitrogens with zero attached hydrogens (tertiary/aromatic N) is 6. The van der Waals surface area contributed by atoms with Gasteiger partial charge in [-0.2, -0.15) is 14.9 Å². The van der Waals surface area contributed by atoms with E-state index in [-0.39, 0.29) is 5.91 Å². The number of rotatable bonds is 7. The average molecular weight is 416 g/mol. The Morgan fingerprint density at radius 1 is 1.26 bits per heavy atom. The van der Waals surface area contributed by atoms with Crippen molar-refractivity contribution in [3.8, 4) is 5.82 Å². The Hall–Kier alpha value is -3.55. The second-order valence-electron chi connectivity index (χ2n) is 8.14. The molecule has 5 rings (SSSR count). The van der Waals surface area contributed by atoms with Gasteiger partial charge in [0.2, 0.25) is 0 Å². The maximum atomic E-state index is 13.2. The maximum Gasteiger partial charge on any atom is 0.252 e. The van der Waals surface area contributed by atoms with Gasteiger partial charge in [-0.15, -0.1) is 0 Å². The van der Waals surface area contributed by atoms with Crippen LogP contribution < -0.4 is 5.32 Å². The van der Waals surface area contributed by atoms with E-state index in [0.717, 1.165) is 48.1 Å². The number of carbonyl (C=O) groups excluding carboxylic acids is 1. The maximum absolute atomic E-state index is 13.2. The summed E-state index contributed by atoms with van der Waals surface area (Å²) in [7, 11) is 0. The lowest BCUT2D eigenvalue weighted by molar-refractivity contribution is 0.0954. The van der Waals surface area contributed by atoms with Crippen LogP contribution in [0.2, 0.25) is 0 Å². The number of carbonyl (C=O) groups is 1. The van der Waals surface area contributed by atoms with Crippen molar-refractivity contribution in [2.75, 3.05) is 6.54 Å².